The lowest BCUT2D eigenvalue weighted by Gasteiger charge is -2.27. The van der Waals surface area contributed by atoms with Gasteiger partial charge in [0.2, 0.25) is 11.9 Å². The lowest BCUT2D eigenvalue weighted by molar-refractivity contribution is -0.128. The molecule has 1 aromatic carbocycles. The second-order valence-electron chi connectivity index (χ2n) is 6.65. The van der Waals surface area contributed by atoms with Gasteiger partial charge < -0.3 is 14.5 Å². The molecule has 0 N–H and O–H groups in total. The van der Waals surface area contributed by atoms with E-state index in [0.717, 1.165) is 36.3 Å². The molecule has 1 fully saturated rings. The van der Waals surface area contributed by atoms with E-state index >= 15 is 0 Å². The summed E-state index contributed by atoms with van der Waals surface area (Å²) in [4.78, 5) is 16.5. The van der Waals surface area contributed by atoms with Gasteiger partial charge in [0.1, 0.15) is 5.82 Å². The van der Waals surface area contributed by atoms with Crippen molar-refractivity contribution in [3.05, 3.63) is 35.6 Å². The molecule has 1 amide bonds. The second kappa shape index (κ2) is 9.38. The van der Waals surface area contributed by atoms with Gasteiger partial charge >= 0.3 is 0 Å². The summed E-state index contributed by atoms with van der Waals surface area (Å²) in [5.74, 6) is 0.799. The zero-order valence-corrected chi connectivity index (χ0v) is 17.3. The first-order valence-electron chi connectivity index (χ1n) is 9.41. The van der Waals surface area contributed by atoms with E-state index in [1.807, 2.05) is 18.4 Å². The number of benzene rings is 1. The van der Waals surface area contributed by atoms with Gasteiger partial charge in [0, 0.05) is 26.7 Å². The van der Waals surface area contributed by atoms with E-state index in [0.29, 0.717) is 13.2 Å². The highest BCUT2D eigenvalue weighted by atomic mass is 32.2. The van der Waals surface area contributed by atoms with Crippen molar-refractivity contribution in [2.75, 3.05) is 44.0 Å². The first-order valence-corrected chi connectivity index (χ1v) is 10.4. The summed E-state index contributed by atoms with van der Waals surface area (Å²) >= 11 is 1.39. The molecule has 7 nitrogen and oxygen atoms in total. The van der Waals surface area contributed by atoms with Crippen LogP contribution in [0.4, 0.5) is 10.3 Å². The maximum absolute atomic E-state index is 13.1. The number of carbonyl (C=O) groups is 1. The summed E-state index contributed by atoms with van der Waals surface area (Å²) in [5.41, 5.74) is 0.897. The number of ether oxygens (including phenoxy) is 1. The lowest BCUT2D eigenvalue weighted by Crippen LogP contribution is -2.38. The second-order valence-corrected chi connectivity index (χ2v) is 7.59. The van der Waals surface area contributed by atoms with Gasteiger partial charge in [-0.2, -0.15) is 0 Å². The number of anilines is 1. The maximum atomic E-state index is 13.1. The van der Waals surface area contributed by atoms with Crippen molar-refractivity contribution in [1.29, 1.82) is 0 Å². The van der Waals surface area contributed by atoms with Crippen LogP contribution in [0.5, 0.6) is 0 Å². The molecule has 1 atom stereocenters. The van der Waals surface area contributed by atoms with Gasteiger partial charge in [0.15, 0.2) is 5.16 Å². The monoisotopic (exact) mass is 407 g/mol. The van der Waals surface area contributed by atoms with Crippen LogP contribution in [0.1, 0.15) is 25.5 Å². The molecule has 2 heterocycles. The van der Waals surface area contributed by atoms with Crippen molar-refractivity contribution >= 4 is 23.6 Å². The molecule has 2 aromatic rings. The van der Waals surface area contributed by atoms with Gasteiger partial charge in [-0.05, 0) is 31.5 Å². The Morgan fingerprint density at radius 2 is 1.96 bits per heavy atom. The molecule has 3 rings (SSSR count). The fourth-order valence-electron chi connectivity index (χ4n) is 3.07. The van der Waals surface area contributed by atoms with Gasteiger partial charge in [-0.25, -0.2) is 4.39 Å². The van der Waals surface area contributed by atoms with Crippen LogP contribution < -0.4 is 4.90 Å². The van der Waals surface area contributed by atoms with Crippen molar-refractivity contribution in [2.24, 2.45) is 0 Å². The van der Waals surface area contributed by atoms with Crippen molar-refractivity contribution in [1.82, 2.24) is 19.7 Å². The largest absolute Gasteiger partial charge is 0.378 e. The van der Waals surface area contributed by atoms with Crippen molar-refractivity contribution in [2.45, 2.75) is 31.6 Å². The molecule has 1 saturated heterocycles. The summed E-state index contributed by atoms with van der Waals surface area (Å²) in [5, 5.41) is 9.35. The Hall–Kier alpha value is -2.13. The number of hydrogen-bond donors (Lipinski definition) is 0. The number of nitrogens with zero attached hydrogens (tertiary/aromatic N) is 5. The number of carbonyl (C=O) groups excluding carboxylic acids is 1. The Balaban J connectivity index is 1.62. The highest BCUT2D eigenvalue weighted by Gasteiger charge is 2.22. The normalized spacial score (nSPS) is 15.5. The van der Waals surface area contributed by atoms with Crippen LogP contribution in [0.3, 0.4) is 0 Å². The lowest BCUT2D eigenvalue weighted by atomic mass is 10.1. The van der Waals surface area contributed by atoms with Crippen LogP contribution in [0.25, 0.3) is 0 Å². The maximum Gasteiger partial charge on any atom is 0.233 e. The number of hydrogen-bond acceptors (Lipinski definition) is 6. The highest BCUT2D eigenvalue weighted by molar-refractivity contribution is 7.99. The molecule has 0 spiro atoms. The van der Waals surface area contributed by atoms with E-state index in [9.17, 15) is 9.18 Å². The molecule has 1 unspecified atom stereocenters. The molecule has 9 heteroatoms. The molecule has 0 bridgehead atoms. The van der Waals surface area contributed by atoms with Crippen molar-refractivity contribution < 1.29 is 13.9 Å². The van der Waals surface area contributed by atoms with Crippen molar-refractivity contribution in [3.8, 4) is 0 Å². The average molecular weight is 408 g/mol. The van der Waals surface area contributed by atoms with Crippen LogP contribution in [0, 0.1) is 5.82 Å². The Kier molecular flexibility index (Phi) is 6.90. The Labute approximate surface area is 168 Å². The fraction of sp³-hybridized carbons (Fsp3) is 0.526. The summed E-state index contributed by atoms with van der Waals surface area (Å²) in [6.45, 7) is 7.66. The minimum absolute atomic E-state index is 0.0135. The third-order valence-corrected chi connectivity index (χ3v) is 5.91. The van der Waals surface area contributed by atoms with Gasteiger partial charge in [0.25, 0.3) is 0 Å². The molecule has 1 aliphatic rings. The van der Waals surface area contributed by atoms with E-state index < -0.39 is 0 Å². The molecule has 1 aliphatic heterocycles. The minimum atomic E-state index is -0.282. The summed E-state index contributed by atoms with van der Waals surface area (Å²) in [7, 11) is 1.76. The third kappa shape index (κ3) is 4.64. The quantitative estimate of drug-likeness (QED) is 0.658. The number of morpholine rings is 1. The van der Waals surface area contributed by atoms with Crippen LogP contribution >= 0.6 is 11.8 Å². The molecular formula is C19H26FN5O2S. The van der Waals surface area contributed by atoms with Gasteiger partial charge in [0.05, 0.1) is 25.0 Å². The van der Waals surface area contributed by atoms with Gasteiger partial charge in [-0.3, -0.25) is 9.36 Å². The number of halogens is 1. The first-order chi connectivity index (χ1) is 13.5. The SMILES string of the molecule is CCn1c(SCC(=O)N(C)C(C)c2ccc(F)cc2)nnc1N1CCOCC1. The molecule has 28 heavy (non-hydrogen) atoms. The van der Waals surface area contributed by atoms with Crippen LogP contribution in [0.15, 0.2) is 29.4 Å². The molecule has 152 valence electrons. The van der Waals surface area contributed by atoms with E-state index in [-0.39, 0.29) is 23.5 Å². The fourth-order valence-corrected chi connectivity index (χ4v) is 3.99. The zero-order chi connectivity index (χ0) is 20.1. The van der Waals surface area contributed by atoms with E-state index in [4.69, 9.17) is 4.74 Å². The minimum Gasteiger partial charge on any atom is -0.378 e. The summed E-state index contributed by atoms with van der Waals surface area (Å²) in [6.07, 6.45) is 0. The molecule has 1 aromatic heterocycles. The summed E-state index contributed by atoms with van der Waals surface area (Å²) < 4.78 is 20.5. The van der Waals surface area contributed by atoms with Gasteiger partial charge in [-0.1, -0.05) is 23.9 Å². The molecule has 0 radical (unpaired) electrons. The van der Waals surface area contributed by atoms with Crippen LogP contribution in [-0.4, -0.2) is 64.7 Å². The average Bonchev–Trinajstić information content (AvgIpc) is 3.15. The number of amides is 1. The Morgan fingerprint density at radius 3 is 2.61 bits per heavy atom. The van der Waals surface area contributed by atoms with E-state index in [1.165, 1.54) is 23.9 Å². The molecule has 0 aliphatic carbocycles. The molecule has 0 saturated carbocycles. The van der Waals surface area contributed by atoms with Crippen LogP contribution in [-0.2, 0) is 16.1 Å². The Bertz CT molecular complexity index is 792. The third-order valence-electron chi connectivity index (χ3n) is 4.96. The predicted octanol–water partition coefficient (Wildman–Crippen LogP) is 2.59. The first kappa shape index (κ1) is 20.6. The molecular weight excluding hydrogens is 381 g/mol. The van der Waals surface area contributed by atoms with Crippen molar-refractivity contribution in [3.63, 3.8) is 0 Å². The number of aromatic nitrogens is 3. The highest BCUT2D eigenvalue weighted by Crippen LogP contribution is 2.25. The Morgan fingerprint density at radius 1 is 1.29 bits per heavy atom. The van der Waals surface area contributed by atoms with Gasteiger partial charge in [-0.15, -0.1) is 10.2 Å². The smallest absolute Gasteiger partial charge is 0.233 e. The topological polar surface area (TPSA) is 63.5 Å². The zero-order valence-electron chi connectivity index (χ0n) is 16.5. The van der Waals surface area contributed by atoms with E-state index in [2.05, 4.69) is 15.1 Å². The summed E-state index contributed by atoms with van der Waals surface area (Å²) in [6, 6.07) is 6.10. The number of thioether (sulfide) groups is 1. The standard InChI is InChI=1S/C19H26FN5O2S/c1-4-25-18(24-9-11-27-12-10-24)21-22-19(25)28-13-17(26)23(3)14(2)15-5-7-16(20)8-6-15/h5-8,14H,4,9-13H2,1-3H3. The predicted molar refractivity (Wildman–Crippen MR) is 107 cm³/mol. The van der Waals surface area contributed by atoms with Crippen LogP contribution in [0.2, 0.25) is 0 Å². The van der Waals surface area contributed by atoms with E-state index in [1.54, 1.807) is 24.1 Å². The number of rotatable bonds is 7.